The molecule has 9 heteroatoms. The minimum Gasteiger partial charge on any atom is -0.368 e. The van der Waals surface area contributed by atoms with Crippen LogP contribution in [-0.4, -0.2) is 51.0 Å². The van der Waals surface area contributed by atoms with Crippen molar-refractivity contribution in [1.82, 2.24) is 30.2 Å². The first-order chi connectivity index (χ1) is 12.5. The first-order valence-corrected chi connectivity index (χ1v) is 8.67. The molecular weight excluding hydrogens is 334 g/mol. The molecule has 1 aliphatic rings. The summed E-state index contributed by atoms with van der Waals surface area (Å²) in [6.45, 7) is 5.18. The summed E-state index contributed by atoms with van der Waals surface area (Å²) in [5.74, 6) is 2.78. The van der Waals surface area contributed by atoms with Gasteiger partial charge < -0.3 is 16.0 Å². The normalized spacial score (nSPS) is 16.8. The fraction of sp³-hybridized carbons (Fsp3) is 0.471. The number of nitrogens with zero attached hydrogens (tertiary/aromatic N) is 4. The monoisotopic (exact) mass is 357 g/mol. The van der Waals surface area contributed by atoms with Crippen molar-refractivity contribution in [3.63, 3.8) is 0 Å². The van der Waals surface area contributed by atoms with Crippen LogP contribution in [0.15, 0.2) is 18.5 Å². The van der Waals surface area contributed by atoms with E-state index >= 15 is 0 Å². The minimum absolute atomic E-state index is 0.0128. The van der Waals surface area contributed by atoms with Crippen LogP contribution in [0.4, 0.5) is 5.82 Å². The Hall–Kier alpha value is -2.97. The Morgan fingerprint density at radius 3 is 2.88 bits per heavy atom. The number of aryl methyl sites for hydroxylation is 2. The van der Waals surface area contributed by atoms with E-state index in [0.717, 1.165) is 11.6 Å². The number of anilines is 1. The SMILES string of the molecule is Cc1nc(NCCNC(=O)[C@H]2CCC(=O)NC2)cc(-n2ccnc2C)n1. The molecule has 0 saturated carbocycles. The molecule has 2 aromatic rings. The molecule has 138 valence electrons. The Kier molecular flexibility index (Phi) is 5.45. The molecule has 3 rings (SSSR count). The fourth-order valence-corrected chi connectivity index (χ4v) is 2.86. The van der Waals surface area contributed by atoms with E-state index in [2.05, 4.69) is 30.9 Å². The number of aromatic nitrogens is 4. The molecule has 0 spiro atoms. The average molecular weight is 357 g/mol. The van der Waals surface area contributed by atoms with Gasteiger partial charge in [0, 0.05) is 44.5 Å². The molecule has 9 nitrogen and oxygen atoms in total. The number of imidazole rings is 1. The van der Waals surface area contributed by atoms with Crippen LogP contribution in [0.1, 0.15) is 24.5 Å². The predicted molar refractivity (Wildman–Crippen MR) is 95.9 cm³/mol. The third-order valence-electron chi connectivity index (χ3n) is 4.26. The van der Waals surface area contributed by atoms with E-state index in [0.29, 0.717) is 44.1 Å². The number of rotatable bonds is 6. The van der Waals surface area contributed by atoms with Crippen LogP contribution in [0.2, 0.25) is 0 Å². The molecule has 2 amide bonds. The van der Waals surface area contributed by atoms with E-state index in [1.807, 2.05) is 30.7 Å². The summed E-state index contributed by atoms with van der Waals surface area (Å²) in [6, 6.07) is 1.85. The van der Waals surface area contributed by atoms with Crippen molar-refractivity contribution in [2.45, 2.75) is 26.7 Å². The zero-order valence-electron chi connectivity index (χ0n) is 15.0. The van der Waals surface area contributed by atoms with Crippen LogP contribution in [0, 0.1) is 19.8 Å². The van der Waals surface area contributed by atoms with Gasteiger partial charge >= 0.3 is 0 Å². The van der Waals surface area contributed by atoms with E-state index in [1.165, 1.54) is 0 Å². The second-order valence-corrected chi connectivity index (χ2v) is 6.26. The summed E-state index contributed by atoms with van der Waals surface area (Å²) in [6.07, 6.45) is 4.59. The molecule has 3 N–H and O–H groups in total. The smallest absolute Gasteiger partial charge is 0.224 e. The van der Waals surface area contributed by atoms with Crippen molar-refractivity contribution < 1.29 is 9.59 Å². The Morgan fingerprint density at radius 2 is 2.19 bits per heavy atom. The molecular formula is C17H23N7O2. The van der Waals surface area contributed by atoms with Crippen LogP contribution >= 0.6 is 0 Å². The number of carbonyl (C=O) groups is 2. The Labute approximate surface area is 151 Å². The van der Waals surface area contributed by atoms with Crippen LogP contribution in [0.3, 0.4) is 0 Å². The molecule has 0 bridgehead atoms. The lowest BCUT2D eigenvalue weighted by molar-refractivity contribution is -0.128. The number of amides is 2. The molecule has 1 aliphatic heterocycles. The summed E-state index contributed by atoms with van der Waals surface area (Å²) in [5, 5.41) is 8.82. The van der Waals surface area contributed by atoms with Crippen LogP contribution in [0.5, 0.6) is 0 Å². The second kappa shape index (κ2) is 7.94. The topological polar surface area (TPSA) is 114 Å². The number of hydrogen-bond acceptors (Lipinski definition) is 6. The molecule has 0 aliphatic carbocycles. The van der Waals surface area contributed by atoms with Crippen molar-refractivity contribution in [1.29, 1.82) is 0 Å². The first kappa shape index (κ1) is 17.8. The number of hydrogen-bond donors (Lipinski definition) is 3. The van der Waals surface area contributed by atoms with E-state index in [9.17, 15) is 9.59 Å². The molecule has 3 heterocycles. The van der Waals surface area contributed by atoms with Gasteiger partial charge in [-0.05, 0) is 20.3 Å². The fourth-order valence-electron chi connectivity index (χ4n) is 2.86. The lowest BCUT2D eigenvalue weighted by atomic mass is 9.98. The Balaban J connectivity index is 1.50. The number of piperidine rings is 1. The summed E-state index contributed by atoms with van der Waals surface area (Å²) in [5.41, 5.74) is 0. The van der Waals surface area contributed by atoms with E-state index in [4.69, 9.17) is 0 Å². The minimum atomic E-state index is -0.148. The van der Waals surface area contributed by atoms with Gasteiger partial charge in [-0.25, -0.2) is 15.0 Å². The van der Waals surface area contributed by atoms with Gasteiger partial charge in [-0.15, -0.1) is 0 Å². The Morgan fingerprint density at radius 1 is 1.35 bits per heavy atom. The molecule has 0 unspecified atom stereocenters. The lowest BCUT2D eigenvalue weighted by Crippen LogP contribution is -2.43. The first-order valence-electron chi connectivity index (χ1n) is 8.67. The van der Waals surface area contributed by atoms with Crippen LogP contribution < -0.4 is 16.0 Å². The van der Waals surface area contributed by atoms with Crippen molar-refractivity contribution in [2.24, 2.45) is 5.92 Å². The Bertz CT molecular complexity index is 792. The van der Waals surface area contributed by atoms with Gasteiger partial charge in [0.2, 0.25) is 11.8 Å². The zero-order valence-corrected chi connectivity index (χ0v) is 15.0. The molecule has 26 heavy (non-hydrogen) atoms. The van der Waals surface area contributed by atoms with Crippen molar-refractivity contribution in [3.8, 4) is 5.82 Å². The van der Waals surface area contributed by atoms with E-state index in [-0.39, 0.29) is 17.7 Å². The molecule has 1 saturated heterocycles. The highest BCUT2D eigenvalue weighted by Gasteiger charge is 2.23. The summed E-state index contributed by atoms with van der Waals surface area (Å²) < 4.78 is 1.89. The largest absolute Gasteiger partial charge is 0.368 e. The maximum Gasteiger partial charge on any atom is 0.224 e. The molecule has 0 aromatic carbocycles. The molecule has 0 radical (unpaired) electrons. The van der Waals surface area contributed by atoms with Crippen molar-refractivity contribution in [3.05, 3.63) is 30.1 Å². The predicted octanol–water partition coefficient (Wildman–Crippen LogP) is 0.333. The quantitative estimate of drug-likeness (QED) is 0.642. The summed E-state index contributed by atoms with van der Waals surface area (Å²) in [4.78, 5) is 36.2. The van der Waals surface area contributed by atoms with Crippen molar-refractivity contribution in [2.75, 3.05) is 25.0 Å². The van der Waals surface area contributed by atoms with Gasteiger partial charge in [-0.2, -0.15) is 0 Å². The van der Waals surface area contributed by atoms with Gasteiger partial charge in [0.25, 0.3) is 0 Å². The third kappa shape index (κ3) is 4.35. The maximum absolute atomic E-state index is 12.1. The lowest BCUT2D eigenvalue weighted by Gasteiger charge is -2.21. The highest BCUT2D eigenvalue weighted by Crippen LogP contribution is 2.13. The van der Waals surface area contributed by atoms with Gasteiger partial charge in [0.05, 0.1) is 5.92 Å². The van der Waals surface area contributed by atoms with E-state index < -0.39 is 0 Å². The molecule has 2 aromatic heterocycles. The highest BCUT2D eigenvalue weighted by molar-refractivity contribution is 5.83. The van der Waals surface area contributed by atoms with Gasteiger partial charge in [0.1, 0.15) is 23.3 Å². The van der Waals surface area contributed by atoms with E-state index in [1.54, 1.807) is 6.20 Å². The van der Waals surface area contributed by atoms with Gasteiger partial charge in [0.15, 0.2) is 0 Å². The van der Waals surface area contributed by atoms with Gasteiger partial charge in [-0.1, -0.05) is 0 Å². The summed E-state index contributed by atoms with van der Waals surface area (Å²) >= 11 is 0. The standard InChI is InChI=1S/C17H23N7O2/c1-11-22-14(9-15(23-11)24-8-7-18-12(24)2)19-5-6-20-17(26)13-3-4-16(25)21-10-13/h7-9,13H,3-6,10H2,1-2H3,(H,20,26)(H,21,25)(H,19,22,23)/t13-/m0/s1. The average Bonchev–Trinajstić information content (AvgIpc) is 3.05. The maximum atomic E-state index is 12.1. The zero-order chi connectivity index (χ0) is 18.5. The number of nitrogens with one attached hydrogen (secondary N) is 3. The van der Waals surface area contributed by atoms with Crippen LogP contribution in [-0.2, 0) is 9.59 Å². The van der Waals surface area contributed by atoms with Crippen molar-refractivity contribution >= 4 is 17.6 Å². The van der Waals surface area contributed by atoms with Gasteiger partial charge in [-0.3, -0.25) is 14.2 Å². The third-order valence-corrected chi connectivity index (χ3v) is 4.26. The van der Waals surface area contributed by atoms with Crippen LogP contribution in [0.25, 0.3) is 5.82 Å². The second-order valence-electron chi connectivity index (χ2n) is 6.26. The molecule has 1 atom stereocenters. The highest BCUT2D eigenvalue weighted by atomic mass is 16.2. The summed E-state index contributed by atoms with van der Waals surface area (Å²) in [7, 11) is 0. The number of carbonyl (C=O) groups excluding carboxylic acids is 2. The molecule has 1 fully saturated rings.